The smallest absolute Gasteiger partial charge is 0.251 e. The van der Waals surface area contributed by atoms with E-state index in [-0.39, 0.29) is 12.0 Å². The van der Waals surface area contributed by atoms with E-state index in [1.165, 1.54) is 0 Å². The summed E-state index contributed by atoms with van der Waals surface area (Å²) in [6.07, 6.45) is 2.18. The van der Waals surface area contributed by atoms with Crippen molar-refractivity contribution >= 4 is 5.91 Å². The fourth-order valence-electron chi connectivity index (χ4n) is 3.12. The molecule has 1 saturated heterocycles. The molecule has 0 bridgehead atoms. The van der Waals surface area contributed by atoms with E-state index in [0.29, 0.717) is 25.3 Å². The van der Waals surface area contributed by atoms with Crippen LogP contribution in [0.3, 0.4) is 0 Å². The minimum absolute atomic E-state index is 0.106. The minimum Gasteiger partial charge on any atom is -0.493 e. The van der Waals surface area contributed by atoms with Gasteiger partial charge in [-0.15, -0.1) is 0 Å². The highest BCUT2D eigenvalue weighted by molar-refractivity contribution is 5.94. The van der Waals surface area contributed by atoms with Crippen LogP contribution in [0, 0.1) is 6.92 Å². The van der Waals surface area contributed by atoms with E-state index in [2.05, 4.69) is 5.32 Å². The van der Waals surface area contributed by atoms with E-state index in [9.17, 15) is 4.79 Å². The van der Waals surface area contributed by atoms with Crippen LogP contribution in [0.5, 0.6) is 11.5 Å². The van der Waals surface area contributed by atoms with Gasteiger partial charge in [0.2, 0.25) is 0 Å². The van der Waals surface area contributed by atoms with Crippen molar-refractivity contribution < 1.29 is 19.0 Å². The molecule has 1 fully saturated rings. The first kappa shape index (κ1) is 19.2. The van der Waals surface area contributed by atoms with Crippen molar-refractivity contribution in [3.8, 4) is 11.5 Å². The van der Waals surface area contributed by atoms with E-state index in [4.69, 9.17) is 14.2 Å². The summed E-state index contributed by atoms with van der Waals surface area (Å²) >= 11 is 0. The molecule has 1 N–H and O–H groups in total. The summed E-state index contributed by atoms with van der Waals surface area (Å²) < 4.78 is 17.2. The summed E-state index contributed by atoms with van der Waals surface area (Å²) in [7, 11) is 0. The van der Waals surface area contributed by atoms with Gasteiger partial charge in [-0.3, -0.25) is 4.79 Å². The van der Waals surface area contributed by atoms with Crippen LogP contribution in [0.2, 0.25) is 0 Å². The van der Waals surface area contributed by atoms with E-state index in [1.807, 2.05) is 50.2 Å². The summed E-state index contributed by atoms with van der Waals surface area (Å²) in [4.78, 5) is 12.5. The van der Waals surface area contributed by atoms with E-state index >= 15 is 0 Å². The first-order chi connectivity index (χ1) is 13.2. The molecule has 1 amide bonds. The summed E-state index contributed by atoms with van der Waals surface area (Å²) in [5.74, 6) is 1.46. The summed E-state index contributed by atoms with van der Waals surface area (Å²) in [6, 6.07) is 13.3. The molecule has 1 aliphatic heterocycles. The Morgan fingerprint density at radius 2 is 2.04 bits per heavy atom. The van der Waals surface area contributed by atoms with Crippen molar-refractivity contribution in [2.75, 3.05) is 19.8 Å². The summed E-state index contributed by atoms with van der Waals surface area (Å²) in [5, 5.41) is 2.96. The van der Waals surface area contributed by atoms with Crippen LogP contribution < -0.4 is 14.8 Å². The first-order valence-electron chi connectivity index (χ1n) is 9.51. The zero-order chi connectivity index (χ0) is 19.1. The molecule has 5 heteroatoms. The van der Waals surface area contributed by atoms with Gasteiger partial charge in [0, 0.05) is 24.3 Å². The Labute approximate surface area is 160 Å². The largest absolute Gasteiger partial charge is 0.493 e. The summed E-state index contributed by atoms with van der Waals surface area (Å²) in [5.41, 5.74) is 2.52. The third-order valence-corrected chi connectivity index (χ3v) is 4.61. The number of carbonyl (C=O) groups excluding carboxylic acids is 1. The van der Waals surface area contributed by atoms with Crippen molar-refractivity contribution in [3.05, 3.63) is 59.2 Å². The number of carbonyl (C=O) groups is 1. The fraction of sp³-hybridized carbons (Fsp3) is 0.409. The third-order valence-electron chi connectivity index (χ3n) is 4.61. The fourth-order valence-corrected chi connectivity index (χ4v) is 3.12. The molecule has 1 aliphatic rings. The average molecular weight is 369 g/mol. The zero-order valence-corrected chi connectivity index (χ0v) is 16.0. The van der Waals surface area contributed by atoms with Gasteiger partial charge >= 0.3 is 0 Å². The molecule has 0 aromatic heterocycles. The van der Waals surface area contributed by atoms with E-state index in [1.54, 1.807) is 6.07 Å². The number of hydrogen-bond acceptors (Lipinski definition) is 4. The third kappa shape index (κ3) is 5.23. The topological polar surface area (TPSA) is 56.8 Å². The van der Waals surface area contributed by atoms with Gasteiger partial charge < -0.3 is 19.5 Å². The molecule has 144 valence electrons. The molecule has 0 aliphatic carbocycles. The Kier molecular flexibility index (Phi) is 6.71. The second kappa shape index (κ2) is 9.42. The van der Waals surface area contributed by atoms with Crippen molar-refractivity contribution in [1.82, 2.24) is 5.32 Å². The number of ether oxygens (including phenoxy) is 3. The molecule has 2 aromatic rings. The van der Waals surface area contributed by atoms with Gasteiger partial charge in [-0.25, -0.2) is 0 Å². The lowest BCUT2D eigenvalue weighted by Gasteiger charge is -2.15. The van der Waals surface area contributed by atoms with Crippen molar-refractivity contribution in [3.63, 3.8) is 0 Å². The van der Waals surface area contributed by atoms with Crippen LogP contribution in [-0.4, -0.2) is 31.8 Å². The van der Waals surface area contributed by atoms with Crippen molar-refractivity contribution in [2.24, 2.45) is 0 Å². The molecule has 0 radical (unpaired) electrons. The monoisotopic (exact) mass is 369 g/mol. The Morgan fingerprint density at radius 1 is 1.19 bits per heavy atom. The number of aryl methyl sites for hydroxylation is 1. The number of benzene rings is 2. The minimum atomic E-state index is -0.106. The lowest BCUT2D eigenvalue weighted by molar-refractivity contribution is 0.0857. The molecule has 2 aromatic carbocycles. The molecule has 1 heterocycles. The predicted octanol–water partition coefficient (Wildman–Crippen LogP) is 3.88. The number of hydrogen-bond donors (Lipinski definition) is 1. The van der Waals surface area contributed by atoms with Gasteiger partial charge in [-0.2, -0.15) is 0 Å². The highest BCUT2D eigenvalue weighted by atomic mass is 16.5. The standard InChI is InChI=1S/C22H27NO4/c1-3-25-21-11-10-17(22(24)23-14-19-8-6-12-26-19)13-18(21)15-27-20-9-5-4-7-16(20)2/h4-5,7,9-11,13,19H,3,6,8,12,14-15H2,1-2H3,(H,23,24)/t19-/m0/s1. The van der Waals surface area contributed by atoms with Crippen LogP contribution in [0.1, 0.15) is 41.3 Å². The van der Waals surface area contributed by atoms with Gasteiger partial charge in [0.25, 0.3) is 5.91 Å². The van der Waals surface area contributed by atoms with Crippen LogP contribution in [0.15, 0.2) is 42.5 Å². The summed E-state index contributed by atoms with van der Waals surface area (Å²) in [6.45, 7) is 6.17. The van der Waals surface area contributed by atoms with Crippen LogP contribution >= 0.6 is 0 Å². The highest BCUT2D eigenvalue weighted by Gasteiger charge is 2.17. The second-order valence-electron chi connectivity index (χ2n) is 6.65. The van der Waals surface area contributed by atoms with Crippen LogP contribution in [0.25, 0.3) is 0 Å². The van der Waals surface area contributed by atoms with E-state index in [0.717, 1.165) is 42.1 Å². The Morgan fingerprint density at radius 3 is 2.78 bits per heavy atom. The molecule has 27 heavy (non-hydrogen) atoms. The molecule has 3 rings (SSSR count). The van der Waals surface area contributed by atoms with Crippen LogP contribution in [0.4, 0.5) is 0 Å². The molecule has 0 spiro atoms. The zero-order valence-electron chi connectivity index (χ0n) is 16.0. The molecule has 0 unspecified atom stereocenters. The Bertz CT molecular complexity index is 769. The number of rotatable bonds is 8. The van der Waals surface area contributed by atoms with Gasteiger partial charge in [-0.05, 0) is 56.5 Å². The Balaban J connectivity index is 1.69. The number of amides is 1. The maximum Gasteiger partial charge on any atom is 0.251 e. The predicted molar refractivity (Wildman–Crippen MR) is 104 cm³/mol. The molecular formula is C22H27NO4. The number of nitrogens with one attached hydrogen (secondary N) is 1. The lowest BCUT2D eigenvalue weighted by Crippen LogP contribution is -2.31. The quantitative estimate of drug-likeness (QED) is 0.767. The van der Waals surface area contributed by atoms with Crippen molar-refractivity contribution in [2.45, 2.75) is 39.4 Å². The second-order valence-corrected chi connectivity index (χ2v) is 6.65. The molecule has 1 atom stereocenters. The first-order valence-corrected chi connectivity index (χ1v) is 9.51. The normalized spacial score (nSPS) is 16.1. The maximum absolute atomic E-state index is 12.5. The maximum atomic E-state index is 12.5. The lowest BCUT2D eigenvalue weighted by atomic mass is 10.1. The van der Waals surface area contributed by atoms with Crippen LogP contribution in [-0.2, 0) is 11.3 Å². The van der Waals surface area contributed by atoms with Gasteiger partial charge in [0.1, 0.15) is 18.1 Å². The molecule has 0 saturated carbocycles. The highest BCUT2D eigenvalue weighted by Crippen LogP contribution is 2.24. The van der Waals surface area contributed by atoms with Gasteiger partial charge in [0.05, 0.1) is 12.7 Å². The molecular weight excluding hydrogens is 342 g/mol. The van der Waals surface area contributed by atoms with Crippen molar-refractivity contribution in [1.29, 1.82) is 0 Å². The van der Waals surface area contributed by atoms with Gasteiger partial charge in [0.15, 0.2) is 0 Å². The van der Waals surface area contributed by atoms with E-state index < -0.39 is 0 Å². The average Bonchev–Trinajstić information content (AvgIpc) is 3.20. The number of para-hydroxylation sites is 1. The Hall–Kier alpha value is -2.53. The van der Waals surface area contributed by atoms with Gasteiger partial charge in [-0.1, -0.05) is 18.2 Å². The molecule has 5 nitrogen and oxygen atoms in total. The SMILES string of the molecule is CCOc1ccc(C(=O)NC[C@@H]2CCCO2)cc1COc1ccccc1C.